The number of hydrogen-bond donors (Lipinski definition) is 2. The number of benzene rings is 2. The Balaban J connectivity index is 1.68. The van der Waals surface area contributed by atoms with Crippen molar-refractivity contribution >= 4 is 0 Å². The normalized spacial score (nSPS) is 10.9. The van der Waals surface area contributed by atoms with E-state index in [1.807, 2.05) is 6.20 Å². The van der Waals surface area contributed by atoms with E-state index in [0.29, 0.717) is 0 Å². The number of rotatable bonds is 5. The van der Waals surface area contributed by atoms with Gasteiger partial charge in [-0.15, -0.1) is 0 Å². The molecule has 23 heavy (non-hydrogen) atoms. The molecule has 3 nitrogen and oxygen atoms in total. The predicted molar refractivity (Wildman–Crippen MR) is 95.2 cm³/mol. The van der Waals surface area contributed by atoms with E-state index in [-0.39, 0.29) is 0 Å². The van der Waals surface area contributed by atoms with Gasteiger partial charge in [-0.05, 0) is 43.5 Å². The Morgan fingerprint density at radius 2 is 1.70 bits per heavy atom. The number of aromatic amines is 1. The molecular formula is C20H23N3. The molecule has 0 fully saturated rings. The van der Waals surface area contributed by atoms with Crippen molar-refractivity contribution in [1.29, 1.82) is 0 Å². The van der Waals surface area contributed by atoms with Crippen LogP contribution in [0.1, 0.15) is 27.8 Å². The minimum atomic E-state index is 0.798. The highest BCUT2D eigenvalue weighted by molar-refractivity contribution is 5.64. The van der Waals surface area contributed by atoms with Crippen molar-refractivity contribution in [3.63, 3.8) is 0 Å². The highest BCUT2D eigenvalue weighted by atomic mass is 15.1. The topological polar surface area (TPSA) is 40.7 Å². The Bertz CT molecular complexity index is 785. The Morgan fingerprint density at radius 1 is 0.913 bits per heavy atom. The van der Waals surface area contributed by atoms with Crippen molar-refractivity contribution in [2.45, 2.75) is 33.9 Å². The molecule has 0 spiro atoms. The fraction of sp³-hybridized carbons (Fsp3) is 0.250. The van der Waals surface area contributed by atoms with E-state index in [1.54, 1.807) is 0 Å². The summed E-state index contributed by atoms with van der Waals surface area (Å²) in [6.45, 7) is 8.05. The minimum absolute atomic E-state index is 0.798. The zero-order chi connectivity index (χ0) is 16.2. The number of nitrogens with one attached hydrogen (secondary N) is 2. The van der Waals surface area contributed by atoms with E-state index in [4.69, 9.17) is 0 Å². The molecule has 0 aliphatic carbocycles. The number of aromatic nitrogens is 2. The molecule has 0 aliphatic heterocycles. The summed E-state index contributed by atoms with van der Waals surface area (Å²) in [5.41, 5.74) is 8.69. The summed E-state index contributed by atoms with van der Waals surface area (Å²) in [5.74, 6) is 0. The molecule has 0 aliphatic rings. The lowest BCUT2D eigenvalue weighted by Crippen LogP contribution is -2.12. The molecule has 1 aromatic heterocycles. The van der Waals surface area contributed by atoms with Crippen LogP contribution in [-0.4, -0.2) is 10.2 Å². The minimum Gasteiger partial charge on any atom is -0.308 e. The zero-order valence-corrected chi connectivity index (χ0v) is 14.0. The van der Waals surface area contributed by atoms with Crippen molar-refractivity contribution in [2.75, 3.05) is 0 Å². The van der Waals surface area contributed by atoms with E-state index in [9.17, 15) is 0 Å². The highest BCUT2D eigenvalue weighted by Gasteiger charge is 2.08. The summed E-state index contributed by atoms with van der Waals surface area (Å²) in [4.78, 5) is 0. The van der Waals surface area contributed by atoms with Crippen LogP contribution < -0.4 is 5.32 Å². The summed E-state index contributed by atoms with van der Waals surface area (Å²) in [6, 6.07) is 15.2. The third-order valence-electron chi connectivity index (χ3n) is 4.28. The van der Waals surface area contributed by atoms with Crippen LogP contribution in [0, 0.1) is 20.8 Å². The quantitative estimate of drug-likeness (QED) is 0.738. The van der Waals surface area contributed by atoms with Gasteiger partial charge in [-0.2, -0.15) is 5.10 Å². The molecule has 3 aromatic rings. The molecule has 0 atom stereocenters. The summed E-state index contributed by atoms with van der Waals surface area (Å²) >= 11 is 0. The lowest BCUT2D eigenvalue weighted by atomic mass is 10.0. The SMILES string of the molecule is Cc1ccc(CNCc2cn[nH]c2-c2ccc(C)c(C)c2)cc1. The average molecular weight is 305 g/mol. The van der Waals surface area contributed by atoms with Gasteiger partial charge in [-0.3, -0.25) is 5.10 Å². The van der Waals surface area contributed by atoms with Crippen molar-refractivity contribution < 1.29 is 0 Å². The van der Waals surface area contributed by atoms with Crippen LogP contribution in [0.25, 0.3) is 11.3 Å². The van der Waals surface area contributed by atoms with Gasteiger partial charge in [0.1, 0.15) is 0 Å². The van der Waals surface area contributed by atoms with Crippen molar-refractivity contribution in [3.05, 3.63) is 76.5 Å². The maximum atomic E-state index is 4.22. The summed E-state index contributed by atoms with van der Waals surface area (Å²) in [7, 11) is 0. The van der Waals surface area contributed by atoms with Gasteiger partial charge in [0.25, 0.3) is 0 Å². The van der Waals surface area contributed by atoms with E-state index >= 15 is 0 Å². The Morgan fingerprint density at radius 3 is 2.43 bits per heavy atom. The van der Waals surface area contributed by atoms with Gasteiger partial charge in [-0.1, -0.05) is 42.0 Å². The summed E-state index contributed by atoms with van der Waals surface area (Å²) in [6.07, 6.45) is 1.91. The Kier molecular flexibility index (Phi) is 4.58. The molecule has 3 rings (SSSR count). The maximum absolute atomic E-state index is 4.22. The largest absolute Gasteiger partial charge is 0.308 e. The lowest BCUT2D eigenvalue weighted by Gasteiger charge is -2.08. The van der Waals surface area contributed by atoms with Crippen LogP contribution in [0.3, 0.4) is 0 Å². The number of aryl methyl sites for hydroxylation is 3. The van der Waals surface area contributed by atoms with Crippen LogP contribution >= 0.6 is 0 Å². The summed E-state index contributed by atoms with van der Waals surface area (Å²) < 4.78 is 0. The fourth-order valence-corrected chi connectivity index (χ4v) is 2.64. The van der Waals surface area contributed by atoms with Crippen molar-refractivity contribution in [1.82, 2.24) is 15.5 Å². The van der Waals surface area contributed by atoms with Crippen LogP contribution in [0.2, 0.25) is 0 Å². The van der Waals surface area contributed by atoms with Crippen LogP contribution in [0.4, 0.5) is 0 Å². The molecule has 0 bridgehead atoms. The molecule has 0 unspecified atom stereocenters. The second kappa shape index (κ2) is 6.80. The smallest absolute Gasteiger partial charge is 0.0695 e. The molecule has 1 heterocycles. The Hall–Kier alpha value is -2.39. The maximum Gasteiger partial charge on any atom is 0.0695 e. The van der Waals surface area contributed by atoms with E-state index in [0.717, 1.165) is 18.8 Å². The van der Waals surface area contributed by atoms with E-state index in [1.165, 1.54) is 33.4 Å². The van der Waals surface area contributed by atoms with Crippen molar-refractivity contribution in [2.24, 2.45) is 0 Å². The van der Waals surface area contributed by atoms with Gasteiger partial charge in [0.05, 0.1) is 11.9 Å². The molecule has 2 aromatic carbocycles. The molecule has 2 N–H and O–H groups in total. The predicted octanol–water partition coefficient (Wildman–Crippen LogP) is 4.29. The molecule has 0 amide bonds. The Labute approximate surface area is 137 Å². The molecule has 118 valence electrons. The third kappa shape index (κ3) is 3.69. The average Bonchev–Trinajstić information content (AvgIpc) is 3.00. The highest BCUT2D eigenvalue weighted by Crippen LogP contribution is 2.23. The van der Waals surface area contributed by atoms with Gasteiger partial charge in [0, 0.05) is 24.2 Å². The van der Waals surface area contributed by atoms with E-state index in [2.05, 4.69) is 78.7 Å². The van der Waals surface area contributed by atoms with Crippen molar-refractivity contribution in [3.8, 4) is 11.3 Å². The lowest BCUT2D eigenvalue weighted by molar-refractivity contribution is 0.694. The number of H-pyrrole nitrogens is 1. The summed E-state index contributed by atoms with van der Waals surface area (Å²) in [5, 5.41) is 10.9. The van der Waals surface area contributed by atoms with Gasteiger partial charge in [0.2, 0.25) is 0 Å². The number of hydrogen-bond acceptors (Lipinski definition) is 2. The van der Waals surface area contributed by atoms with Gasteiger partial charge in [-0.25, -0.2) is 0 Å². The fourth-order valence-electron chi connectivity index (χ4n) is 2.64. The molecule has 0 saturated carbocycles. The third-order valence-corrected chi connectivity index (χ3v) is 4.28. The first-order chi connectivity index (χ1) is 11.1. The second-order valence-corrected chi connectivity index (χ2v) is 6.16. The molecule has 0 radical (unpaired) electrons. The van der Waals surface area contributed by atoms with E-state index < -0.39 is 0 Å². The van der Waals surface area contributed by atoms with Gasteiger partial charge in [0.15, 0.2) is 0 Å². The standard InChI is InChI=1S/C20H23N3/c1-14-4-7-17(8-5-14)11-21-12-19-13-22-23-20(19)18-9-6-15(2)16(3)10-18/h4-10,13,21H,11-12H2,1-3H3,(H,22,23). The second-order valence-electron chi connectivity index (χ2n) is 6.16. The zero-order valence-electron chi connectivity index (χ0n) is 14.0. The van der Waals surface area contributed by atoms with Crippen LogP contribution in [-0.2, 0) is 13.1 Å². The first-order valence-corrected chi connectivity index (χ1v) is 7.99. The number of nitrogens with zero attached hydrogens (tertiary/aromatic N) is 1. The van der Waals surface area contributed by atoms with Gasteiger partial charge >= 0.3 is 0 Å². The monoisotopic (exact) mass is 305 g/mol. The van der Waals surface area contributed by atoms with Crippen LogP contribution in [0.15, 0.2) is 48.7 Å². The van der Waals surface area contributed by atoms with Gasteiger partial charge < -0.3 is 5.32 Å². The first kappa shape index (κ1) is 15.5. The molecule has 0 saturated heterocycles. The molecule has 3 heteroatoms. The molecular weight excluding hydrogens is 282 g/mol. The first-order valence-electron chi connectivity index (χ1n) is 7.99. The van der Waals surface area contributed by atoms with Crippen LogP contribution in [0.5, 0.6) is 0 Å².